The highest BCUT2D eigenvalue weighted by Gasteiger charge is 2.05. The summed E-state index contributed by atoms with van der Waals surface area (Å²) < 4.78 is 1.47. The lowest BCUT2D eigenvalue weighted by atomic mass is 10.2. The average molecular weight is 266 g/mol. The summed E-state index contributed by atoms with van der Waals surface area (Å²) >= 11 is 10.0. The predicted octanol–water partition coefficient (Wildman–Crippen LogP) is 1.11. The summed E-state index contributed by atoms with van der Waals surface area (Å²) in [5.41, 5.74) is 3.18. The second kappa shape index (κ2) is 4.64. The van der Waals surface area contributed by atoms with Crippen molar-refractivity contribution in [1.29, 1.82) is 0 Å². The molecule has 1 aromatic heterocycles. The van der Waals surface area contributed by atoms with Crippen molar-refractivity contribution in [2.75, 3.05) is 12.5 Å². The Hall–Kier alpha value is -1.73. The van der Waals surface area contributed by atoms with Crippen LogP contribution in [0.4, 0.5) is 0 Å². The smallest absolute Gasteiger partial charge is 0.281 e. The highest BCUT2D eigenvalue weighted by molar-refractivity contribution is 7.80. The van der Waals surface area contributed by atoms with Crippen LogP contribution in [-0.4, -0.2) is 21.8 Å². The normalized spacial score (nSPS) is 10.2. The van der Waals surface area contributed by atoms with Crippen LogP contribution in [-0.2, 0) is 0 Å². The number of benzene rings is 1. The third-order valence-corrected chi connectivity index (χ3v) is 2.83. The van der Waals surface area contributed by atoms with Crippen molar-refractivity contribution in [1.82, 2.24) is 15.0 Å². The number of nitrogens with zero attached hydrogens (tertiary/aromatic N) is 1. The molecule has 0 saturated heterocycles. The number of aromatic amines is 1. The second-order valence-corrected chi connectivity index (χ2v) is 4.10. The number of rotatable bonds is 1. The first-order valence-corrected chi connectivity index (χ1v) is 5.68. The van der Waals surface area contributed by atoms with Crippen LogP contribution in [0.1, 0.15) is 0 Å². The molecular formula is C10H10N4OS2. The van der Waals surface area contributed by atoms with Gasteiger partial charge < -0.3 is 10.3 Å². The molecule has 0 radical (unpaired) electrons. The minimum Gasteiger partial charge on any atom is -0.364 e. The van der Waals surface area contributed by atoms with Crippen molar-refractivity contribution >= 4 is 40.5 Å². The summed E-state index contributed by atoms with van der Waals surface area (Å²) in [6.45, 7) is 0. The number of H-pyrrole nitrogens is 1. The third kappa shape index (κ3) is 2.20. The number of fused-ring (bicyclic) bond motifs is 1. The number of aromatic nitrogens is 2. The molecule has 0 spiro atoms. The lowest BCUT2D eigenvalue weighted by Crippen LogP contribution is -2.38. The van der Waals surface area contributed by atoms with Crippen molar-refractivity contribution in [2.45, 2.75) is 0 Å². The Morgan fingerprint density at radius 3 is 2.82 bits per heavy atom. The van der Waals surface area contributed by atoms with E-state index in [2.05, 4.69) is 15.7 Å². The van der Waals surface area contributed by atoms with E-state index >= 15 is 0 Å². The molecule has 1 aromatic carbocycles. The molecule has 17 heavy (non-hydrogen) atoms. The fourth-order valence-electron chi connectivity index (χ4n) is 1.42. The fourth-order valence-corrected chi connectivity index (χ4v) is 1.75. The summed E-state index contributed by atoms with van der Waals surface area (Å²) in [6, 6.07) is 7.15. The van der Waals surface area contributed by atoms with Gasteiger partial charge in [-0.15, -0.1) is 0 Å². The van der Waals surface area contributed by atoms with Gasteiger partial charge in [-0.3, -0.25) is 10.2 Å². The number of nitrogens with one attached hydrogen (secondary N) is 3. The summed E-state index contributed by atoms with van der Waals surface area (Å²) in [7, 11) is 1.66. The van der Waals surface area contributed by atoms with E-state index < -0.39 is 0 Å². The van der Waals surface area contributed by atoms with E-state index in [4.69, 9.17) is 24.4 Å². The molecule has 0 atom stereocenters. The average Bonchev–Trinajstić information content (AvgIpc) is 2.34. The zero-order valence-electron chi connectivity index (χ0n) is 8.98. The standard InChI is InChI=1S/C10H10N4OS2/c1-11-9(16)13-14-8(15)6-4-2-3-5-7(6)12-10(14)17/h2-5H,1H3,(H,12,17)(H2,11,13,16). The van der Waals surface area contributed by atoms with Crippen molar-refractivity contribution in [3.05, 3.63) is 39.4 Å². The molecule has 5 nitrogen and oxygen atoms in total. The van der Waals surface area contributed by atoms with Gasteiger partial charge >= 0.3 is 0 Å². The molecule has 0 fully saturated rings. The number of hydrogen-bond donors (Lipinski definition) is 3. The Bertz CT molecular complexity index is 689. The fraction of sp³-hybridized carbons (Fsp3) is 0.100. The van der Waals surface area contributed by atoms with Gasteiger partial charge in [0.15, 0.2) is 9.88 Å². The molecule has 7 heteroatoms. The van der Waals surface area contributed by atoms with Gasteiger partial charge in [-0.2, -0.15) is 4.68 Å². The topological polar surface area (TPSA) is 61.9 Å². The van der Waals surface area contributed by atoms with Gasteiger partial charge in [0.25, 0.3) is 5.56 Å². The van der Waals surface area contributed by atoms with Crippen molar-refractivity contribution in [3.8, 4) is 0 Å². The zero-order valence-corrected chi connectivity index (χ0v) is 10.6. The number of para-hydroxylation sites is 1. The molecule has 2 aromatic rings. The van der Waals surface area contributed by atoms with E-state index in [0.29, 0.717) is 16.0 Å². The van der Waals surface area contributed by atoms with Crippen LogP contribution in [0.3, 0.4) is 0 Å². The maximum absolute atomic E-state index is 12.1. The quantitative estimate of drug-likeness (QED) is 0.675. The predicted molar refractivity (Wildman–Crippen MR) is 74.4 cm³/mol. The molecule has 88 valence electrons. The first-order valence-electron chi connectivity index (χ1n) is 4.86. The minimum atomic E-state index is -0.234. The molecule has 1 heterocycles. The van der Waals surface area contributed by atoms with Gasteiger partial charge in [-0.1, -0.05) is 12.1 Å². The Morgan fingerprint density at radius 2 is 2.12 bits per heavy atom. The van der Waals surface area contributed by atoms with E-state index in [1.165, 1.54) is 4.68 Å². The summed E-state index contributed by atoms with van der Waals surface area (Å²) in [6.07, 6.45) is 0. The molecule has 0 aliphatic carbocycles. The largest absolute Gasteiger partial charge is 0.364 e. The lowest BCUT2D eigenvalue weighted by molar-refractivity contribution is 0.865. The molecule has 3 N–H and O–H groups in total. The molecule has 0 amide bonds. The molecule has 0 saturated carbocycles. The summed E-state index contributed by atoms with van der Waals surface area (Å²) in [5, 5.41) is 3.59. The first-order chi connectivity index (χ1) is 8.13. The SMILES string of the molecule is CNC(=S)Nn1c(=S)[nH]c2ccccc2c1=O. The van der Waals surface area contributed by atoms with E-state index in [0.717, 1.165) is 0 Å². The van der Waals surface area contributed by atoms with Crippen molar-refractivity contribution < 1.29 is 0 Å². The highest BCUT2D eigenvalue weighted by atomic mass is 32.1. The molecule has 2 rings (SSSR count). The second-order valence-electron chi connectivity index (χ2n) is 3.31. The van der Waals surface area contributed by atoms with Gasteiger partial charge in [0, 0.05) is 7.05 Å². The third-order valence-electron chi connectivity index (χ3n) is 2.25. The Balaban J connectivity index is 2.68. The van der Waals surface area contributed by atoms with Crippen LogP contribution in [0.25, 0.3) is 10.9 Å². The number of thiocarbonyl (C=S) groups is 1. The van der Waals surface area contributed by atoms with E-state index in [1.54, 1.807) is 25.2 Å². The van der Waals surface area contributed by atoms with Gasteiger partial charge in [0.1, 0.15) is 0 Å². The van der Waals surface area contributed by atoms with Crippen LogP contribution >= 0.6 is 24.4 Å². The molecule has 0 aliphatic heterocycles. The summed E-state index contributed by atoms with van der Waals surface area (Å²) in [5.74, 6) is 0. The minimum absolute atomic E-state index is 0.234. The Labute approximate surface area is 107 Å². The lowest BCUT2D eigenvalue weighted by Gasteiger charge is -2.10. The molecule has 0 bridgehead atoms. The molecule has 0 unspecified atom stereocenters. The van der Waals surface area contributed by atoms with Crippen LogP contribution in [0.15, 0.2) is 29.1 Å². The summed E-state index contributed by atoms with van der Waals surface area (Å²) in [4.78, 5) is 15.1. The maximum Gasteiger partial charge on any atom is 0.281 e. The van der Waals surface area contributed by atoms with Crippen LogP contribution in [0, 0.1) is 4.77 Å². The van der Waals surface area contributed by atoms with Gasteiger partial charge in [0.2, 0.25) is 0 Å². The molecular weight excluding hydrogens is 256 g/mol. The van der Waals surface area contributed by atoms with Crippen LogP contribution in [0.2, 0.25) is 0 Å². The van der Waals surface area contributed by atoms with Crippen LogP contribution < -0.4 is 16.3 Å². The van der Waals surface area contributed by atoms with Crippen molar-refractivity contribution in [3.63, 3.8) is 0 Å². The van der Waals surface area contributed by atoms with Gasteiger partial charge in [-0.05, 0) is 36.6 Å². The van der Waals surface area contributed by atoms with Crippen molar-refractivity contribution in [2.24, 2.45) is 0 Å². The van der Waals surface area contributed by atoms with E-state index in [-0.39, 0.29) is 10.3 Å². The Kier molecular flexibility index (Phi) is 3.21. The first kappa shape index (κ1) is 11.7. The maximum atomic E-state index is 12.1. The zero-order chi connectivity index (χ0) is 12.4. The van der Waals surface area contributed by atoms with E-state index in [1.807, 2.05) is 6.07 Å². The molecule has 0 aliphatic rings. The highest BCUT2D eigenvalue weighted by Crippen LogP contribution is 2.04. The monoisotopic (exact) mass is 266 g/mol. The van der Waals surface area contributed by atoms with Gasteiger partial charge in [-0.25, -0.2) is 0 Å². The number of hydrogen-bond acceptors (Lipinski definition) is 3. The van der Waals surface area contributed by atoms with Gasteiger partial charge in [0.05, 0.1) is 10.9 Å². The Morgan fingerprint density at radius 1 is 1.41 bits per heavy atom. The van der Waals surface area contributed by atoms with E-state index in [9.17, 15) is 4.79 Å². The van der Waals surface area contributed by atoms with Crippen LogP contribution in [0.5, 0.6) is 0 Å².